The highest BCUT2D eigenvalue weighted by Crippen LogP contribution is 2.34. The predicted molar refractivity (Wildman–Crippen MR) is 155 cm³/mol. The van der Waals surface area contributed by atoms with E-state index in [0.29, 0.717) is 68.4 Å². The molecule has 1 aliphatic carbocycles. The number of nitrogens with zero attached hydrogens (tertiary/aromatic N) is 3. The van der Waals surface area contributed by atoms with Gasteiger partial charge in [0.2, 0.25) is 10.0 Å². The number of rotatable bonds is 8. The molecule has 3 aromatic rings. The SMILES string of the molecule is O=C1CCC(N2Cc3c(OCc4ccc(CN5CCN(S(=O)(=O)c6ccccc6)CC5)cc4)cccc3C2=O)C(=O)C1. The summed E-state index contributed by atoms with van der Waals surface area (Å²) >= 11 is 0. The van der Waals surface area contributed by atoms with Crippen LogP contribution in [0.5, 0.6) is 5.75 Å². The molecular formula is C32H33N3O6S. The quantitative estimate of drug-likeness (QED) is 0.372. The zero-order valence-corrected chi connectivity index (χ0v) is 24.1. The van der Waals surface area contributed by atoms with E-state index in [4.69, 9.17) is 4.74 Å². The first-order valence-corrected chi connectivity index (χ1v) is 15.7. The molecule has 1 unspecified atom stereocenters. The molecule has 2 heterocycles. The number of carbonyl (C=O) groups is 3. The summed E-state index contributed by atoms with van der Waals surface area (Å²) < 4.78 is 33.5. The second-order valence-corrected chi connectivity index (χ2v) is 13.0. The van der Waals surface area contributed by atoms with Gasteiger partial charge in [0.1, 0.15) is 18.1 Å². The molecule has 0 spiro atoms. The topological polar surface area (TPSA) is 104 Å². The second kappa shape index (κ2) is 11.8. The normalized spacial score (nSPS) is 20.1. The maximum Gasteiger partial charge on any atom is 0.255 e. The first-order valence-electron chi connectivity index (χ1n) is 14.2. The summed E-state index contributed by atoms with van der Waals surface area (Å²) in [4.78, 5) is 41.4. The summed E-state index contributed by atoms with van der Waals surface area (Å²) in [6.45, 7) is 3.60. The Hall–Kier alpha value is -3.86. The lowest BCUT2D eigenvalue weighted by molar-refractivity contribution is -0.133. The van der Waals surface area contributed by atoms with Crippen LogP contribution in [0.2, 0.25) is 0 Å². The third-order valence-electron chi connectivity index (χ3n) is 8.30. The number of ketones is 2. The molecule has 10 heteroatoms. The van der Waals surface area contributed by atoms with E-state index >= 15 is 0 Å². The lowest BCUT2D eigenvalue weighted by Crippen LogP contribution is -2.48. The Morgan fingerprint density at radius 1 is 0.810 bits per heavy atom. The van der Waals surface area contributed by atoms with Crippen molar-refractivity contribution in [3.05, 3.63) is 95.1 Å². The van der Waals surface area contributed by atoms with Gasteiger partial charge in [-0.3, -0.25) is 19.3 Å². The molecule has 1 saturated heterocycles. The van der Waals surface area contributed by atoms with E-state index < -0.39 is 16.1 Å². The predicted octanol–water partition coefficient (Wildman–Crippen LogP) is 3.42. The number of hydrogen-bond donors (Lipinski definition) is 0. The highest BCUT2D eigenvalue weighted by Gasteiger charge is 2.40. The Labute approximate surface area is 245 Å². The van der Waals surface area contributed by atoms with E-state index in [0.717, 1.165) is 23.2 Å². The molecular weight excluding hydrogens is 554 g/mol. The average Bonchev–Trinajstić information content (AvgIpc) is 3.34. The van der Waals surface area contributed by atoms with Crippen molar-refractivity contribution in [1.82, 2.24) is 14.1 Å². The van der Waals surface area contributed by atoms with Gasteiger partial charge in [0, 0.05) is 50.3 Å². The highest BCUT2D eigenvalue weighted by atomic mass is 32.2. The molecule has 0 bridgehead atoms. The lowest BCUT2D eigenvalue weighted by Gasteiger charge is -2.34. The molecule has 42 heavy (non-hydrogen) atoms. The first-order chi connectivity index (χ1) is 20.3. The van der Waals surface area contributed by atoms with Gasteiger partial charge >= 0.3 is 0 Å². The molecule has 0 N–H and O–H groups in total. The summed E-state index contributed by atoms with van der Waals surface area (Å²) in [6.07, 6.45) is 0.598. The number of benzene rings is 3. The molecule has 1 saturated carbocycles. The standard InChI is InChI=1S/C32H33N3O6S/c36-25-13-14-29(30(37)19-25)35-21-28-27(32(35)38)7-4-8-31(28)41-22-24-11-9-23(10-12-24)20-33-15-17-34(18-16-33)42(39,40)26-5-2-1-3-6-26/h1-12,29H,13-22H2. The van der Waals surface area contributed by atoms with Gasteiger partial charge in [0.05, 0.1) is 23.9 Å². The van der Waals surface area contributed by atoms with Gasteiger partial charge in [-0.15, -0.1) is 0 Å². The minimum atomic E-state index is -3.47. The molecule has 1 atom stereocenters. The number of Topliss-reactive ketones (excluding diaryl/α,β-unsaturated/α-hetero) is 2. The van der Waals surface area contributed by atoms with Crippen LogP contribution in [0.1, 0.15) is 46.3 Å². The molecule has 3 aromatic carbocycles. The number of sulfonamides is 1. The number of amides is 1. The van der Waals surface area contributed by atoms with Crippen LogP contribution in [-0.4, -0.2) is 72.2 Å². The fourth-order valence-electron chi connectivity index (χ4n) is 5.93. The Morgan fingerprint density at radius 2 is 1.52 bits per heavy atom. The van der Waals surface area contributed by atoms with E-state index in [-0.39, 0.29) is 23.9 Å². The Morgan fingerprint density at radius 3 is 2.24 bits per heavy atom. The number of piperazine rings is 1. The van der Waals surface area contributed by atoms with Crippen molar-refractivity contribution in [1.29, 1.82) is 0 Å². The van der Waals surface area contributed by atoms with Crippen LogP contribution in [0.4, 0.5) is 0 Å². The molecule has 6 rings (SSSR count). The van der Waals surface area contributed by atoms with E-state index in [2.05, 4.69) is 17.0 Å². The largest absolute Gasteiger partial charge is 0.489 e. The van der Waals surface area contributed by atoms with E-state index in [1.807, 2.05) is 24.3 Å². The zero-order chi connectivity index (χ0) is 29.3. The van der Waals surface area contributed by atoms with Crippen molar-refractivity contribution in [2.24, 2.45) is 0 Å². The third kappa shape index (κ3) is 5.74. The van der Waals surface area contributed by atoms with Crippen molar-refractivity contribution in [2.75, 3.05) is 26.2 Å². The van der Waals surface area contributed by atoms with Crippen molar-refractivity contribution < 1.29 is 27.5 Å². The van der Waals surface area contributed by atoms with E-state index in [1.54, 1.807) is 45.6 Å². The molecule has 218 valence electrons. The molecule has 1 amide bonds. The summed E-state index contributed by atoms with van der Waals surface area (Å²) in [5.74, 6) is 0.183. The van der Waals surface area contributed by atoms with Crippen LogP contribution >= 0.6 is 0 Å². The Balaban J connectivity index is 1.03. The molecule has 9 nitrogen and oxygen atoms in total. The fourth-order valence-corrected chi connectivity index (χ4v) is 7.37. The highest BCUT2D eigenvalue weighted by molar-refractivity contribution is 7.89. The van der Waals surface area contributed by atoms with Crippen molar-refractivity contribution in [3.63, 3.8) is 0 Å². The van der Waals surface area contributed by atoms with Gasteiger partial charge in [0.25, 0.3) is 5.91 Å². The van der Waals surface area contributed by atoms with Gasteiger partial charge in [-0.2, -0.15) is 4.31 Å². The monoisotopic (exact) mass is 587 g/mol. The summed E-state index contributed by atoms with van der Waals surface area (Å²) in [5.41, 5.74) is 3.44. The van der Waals surface area contributed by atoms with Crippen LogP contribution < -0.4 is 4.74 Å². The smallest absolute Gasteiger partial charge is 0.255 e. The first kappa shape index (κ1) is 28.3. The lowest BCUT2D eigenvalue weighted by atomic mass is 9.92. The summed E-state index contributed by atoms with van der Waals surface area (Å²) in [5, 5.41) is 0. The van der Waals surface area contributed by atoms with Crippen LogP contribution in [0.25, 0.3) is 0 Å². The number of hydrogen-bond acceptors (Lipinski definition) is 7. The molecule has 3 aliphatic rings. The van der Waals surface area contributed by atoms with Gasteiger partial charge in [-0.25, -0.2) is 8.42 Å². The minimum absolute atomic E-state index is 0.0627. The number of fused-ring (bicyclic) bond motifs is 1. The van der Waals surface area contributed by atoms with Gasteiger partial charge in [-0.05, 0) is 41.8 Å². The fraction of sp³-hybridized carbons (Fsp3) is 0.344. The van der Waals surface area contributed by atoms with Crippen molar-refractivity contribution in [3.8, 4) is 5.75 Å². The van der Waals surface area contributed by atoms with Gasteiger partial charge < -0.3 is 9.64 Å². The van der Waals surface area contributed by atoms with Crippen LogP contribution in [0.15, 0.2) is 77.7 Å². The Bertz CT molecular complexity index is 1600. The molecule has 2 fully saturated rings. The van der Waals surface area contributed by atoms with Gasteiger partial charge in [-0.1, -0.05) is 48.5 Å². The van der Waals surface area contributed by atoms with Crippen LogP contribution in [0, 0.1) is 0 Å². The van der Waals surface area contributed by atoms with E-state index in [9.17, 15) is 22.8 Å². The van der Waals surface area contributed by atoms with E-state index in [1.165, 1.54) is 0 Å². The van der Waals surface area contributed by atoms with Crippen molar-refractivity contribution >= 4 is 27.5 Å². The molecule has 2 aliphatic heterocycles. The van der Waals surface area contributed by atoms with Gasteiger partial charge in [0.15, 0.2) is 5.78 Å². The third-order valence-corrected chi connectivity index (χ3v) is 10.2. The van der Waals surface area contributed by atoms with Crippen LogP contribution in [-0.2, 0) is 39.3 Å². The maximum atomic E-state index is 13.1. The Kier molecular flexibility index (Phi) is 7.94. The van der Waals surface area contributed by atoms with Crippen molar-refractivity contribution in [2.45, 2.75) is 49.9 Å². The number of carbonyl (C=O) groups excluding carboxylic acids is 3. The summed E-state index contributed by atoms with van der Waals surface area (Å²) in [6, 6.07) is 21.5. The molecule has 0 radical (unpaired) electrons. The average molecular weight is 588 g/mol. The number of ether oxygens (including phenoxy) is 1. The zero-order valence-electron chi connectivity index (χ0n) is 23.3. The molecule has 0 aromatic heterocycles. The summed E-state index contributed by atoms with van der Waals surface area (Å²) in [7, 11) is -3.47. The van der Waals surface area contributed by atoms with Crippen LogP contribution in [0.3, 0.4) is 0 Å². The maximum absolute atomic E-state index is 13.1. The second-order valence-electron chi connectivity index (χ2n) is 11.1. The minimum Gasteiger partial charge on any atom is -0.489 e.